The highest BCUT2D eigenvalue weighted by Gasteiger charge is 2.35. The largest absolute Gasteiger partial charge is 0.285 e. The maximum atomic E-state index is 11.1. The van der Waals surface area contributed by atoms with E-state index in [4.69, 9.17) is 4.55 Å². The molecule has 0 amide bonds. The summed E-state index contributed by atoms with van der Waals surface area (Å²) in [5.41, 5.74) is 0. The van der Waals surface area contributed by atoms with Crippen LogP contribution in [0.5, 0.6) is 0 Å². The minimum absolute atomic E-state index is 0.677. The van der Waals surface area contributed by atoms with Gasteiger partial charge in [-0.1, -0.05) is 32.5 Å². The van der Waals surface area contributed by atoms with Crippen molar-refractivity contribution in [1.82, 2.24) is 0 Å². The van der Waals surface area contributed by atoms with Gasteiger partial charge in [-0.15, -0.1) is 5.92 Å². The molecule has 0 fully saturated rings. The highest BCUT2D eigenvalue weighted by atomic mass is 32.2. The van der Waals surface area contributed by atoms with Gasteiger partial charge in [0.05, 0.1) is 8.07 Å². The first kappa shape index (κ1) is 13.7. The average molecular weight is 234 g/mol. The second-order valence-corrected chi connectivity index (χ2v) is 11.6. The summed E-state index contributed by atoms with van der Waals surface area (Å²) in [4.78, 5) is -0.860. The van der Waals surface area contributed by atoms with Gasteiger partial charge in [-0.25, -0.2) is 0 Å². The minimum Gasteiger partial charge on any atom is -0.285 e. The molecule has 0 aliphatic carbocycles. The van der Waals surface area contributed by atoms with Crippen LogP contribution in [0.25, 0.3) is 0 Å². The number of rotatable bonds is 3. The van der Waals surface area contributed by atoms with Crippen LogP contribution in [0, 0.1) is 11.8 Å². The monoisotopic (exact) mass is 234 g/mol. The van der Waals surface area contributed by atoms with E-state index in [9.17, 15) is 8.42 Å². The van der Waals surface area contributed by atoms with Crippen molar-refractivity contribution in [2.45, 2.75) is 44.3 Å². The quantitative estimate of drug-likeness (QED) is 0.461. The van der Waals surface area contributed by atoms with Gasteiger partial charge in [-0.05, 0) is 6.42 Å². The molecule has 0 saturated carbocycles. The summed E-state index contributed by atoms with van der Waals surface area (Å²) >= 11 is 0. The van der Waals surface area contributed by atoms with Crippen LogP contribution < -0.4 is 0 Å². The second-order valence-electron chi connectivity index (χ2n) is 4.33. The Labute approximate surface area is 87.7 Å². The van der Waals surface area contributed by atoms with Crippen LogP contribution in [0.1, 0.15) is 19.8 Å². The molecule has 0 aliphatic heterocycles. The average Bonchev–Trinajstić information content (AvgIpc) is 1.92. The molecule has 0 aromatic carbocycles. The van der Waals surface area contributed by atoms with E-state index in [1.54, 1.807) is 0 Å². The van der Waals surface area contributed by atoms with E-state index in [1.165, 1.54) is 0 Å². The lowest BCUT2D eigenvalue weighted by Gasteiger charge is -2.20. The van der Waals surface area contributed by atoms with E-state index in [-0.39, 0.29) is 0 Å². The topological polar surface area (TPSA) is 54.4 Å². The van der Waals surface area contributed by atoms with Gasteiger partial charge in [0.1, 0.15) is 4.87 Å². The molecule has 0 bridgehead atoms. The lowest BCUT2D eigenvalue weighted by molar-refractivity contribution is 0.483. The fraction of sp³-hybridized carbons (Fsp3) is 0.778. The van der Waals surface area contributed by atoms with Gasteiger partial charge < -0.3 is 0 Å². The van der Waals surface area contributed by atoms with Gasteiger partial charge in [0.2, 0.25) is 0 Å². The Morgan fingerprint density at radius 3 is 2.14 bits per heavy atom. The molecule has 0 aromatic heterocycles. The van der Waals surface area contributed by atoms with E-state index in [0.717, 1.165) is 6.42 Å². The molecule has 0 aliphatic rings. The van der Waals surface area contributed by atoms with Crippen LogP contribution in [0.4, 0.5) is 0 Å². The second kappa shape index (κ2) is 4.96. The molecule has 0 saturated heterocycles. The SMILES string of the molecule is CCCC#CC([Si](C)(C)C)S(=O)(=O)O. The molecule has 1 N–H and O–H groups in total. The molecule has 1 atom stereocenters. The van der Waals surface area contributed by atoms with E-state index < -0.39 is 23.1 Å². The first-order valence-electron chi connectivity index (χ1n) is 4.64. The Balaban J connectivity index is 4.90. The van der Waals surface area contributed by atoms with Crippen molar-refractivity contribution < 1.29 is 13.0 Å². The lowest BCUT2D eigenvalue weighted by atomic mass is 10.3. The summed E-state index contributed by atoms with van der Waals surface area (Å²) in [6.45, 7) is 7.62. The van der Waals surface area contributed by atoms with Crippen molar-refractivity contribution in [3.05, 3.63) is 0 Å². The van der Waals surface area contributed by atoms with Crippen molar-refractivity contribution in [2.75, 3.05) is 0 Å². The van der Waals surface area contributed by atoms with Gasteiger partial charge in [0.25, 0.3) is 10.1 Å². The minimum atomic E-state index is -4.01. The fourth-order valence-electron chi connectivity index (χ4n) is 1.03. The molecule has 5 heteroatoms. The maximum absolute atomic E-state index is 11.1. The standard InChI is InChI=1S/C9H18O3SSi/c1-5-6-7-8-9(13(10,11)12)14(2,3)4/h9H,5-6H2,1-4H3,(H,10,11,12). The number of hydrogen-bond acceptors (Lipinski definition) is 2. The van der Waals surface area contributed by atoms with Crippen molar-refractivity contribution in [2.24, 2.45) is 0 Å². The zero-order chi connectivity index (χ0) is 11.4. The first-order valence-corrected chi connectivity index (χ1v) is 9.72. The predicted molar refractivity (Wildman–Crippen MR) is 61.4 cm³/mol. The fourth-order valence-corrected chi connectivity index (χ4v) is 5.37. The molecule has 0 aromatic rings. The molecule has 0 radical (unpaired) electrons. The summed E-state index contributed by atoms with van der Waals surface area (Å²) in [6, 6.07) is 0. The Bertz CT molecular complexity index is 329. The molecule has 3 nitrogen and oxygen atoms in total. The molecule has 0 rings (SSSR count). The zero-order valence-corrected chi connectivity index (χ0v) is 11.0. The van der Waals surface area contributed by atoms with Crippen LogP contribution in [0.15, 0.2) is 0 Å². The summed E-state index contributed by atoms with van der Waals surface area (Å²) < 4.78 is 31.1. The molecule has 82 valence electrons. The van der Waals surface area contributed by atoms with E-state index in [0.29, 0.717) is 6.42 Å². The summed E-state index contributed by atoms with van der Waals surface area (Å²) in [6.07, 6.45) is 1.58. The van der Waals surface area contributed by atoms with Crippen molar-refractivity contribution in [3.8, 4) is 11.8 Å². The Morgan fingerprint density at radius 2 is 1.86 bits per heavy atom. The zero-order valence-electron chi connectivity index (χ0n) is 9.16. The van der Waals surface area contributed by atoms with Crippen molar-refractivity contribution in [3.63, 3.8) is 0 Å². The normalized spacial score (nSPS) is 14.4. The predicted octanol–water partition coefficient (Wildman–Crippen LogP) is 1.92. The highest BCUT2D eigenvalue weighted by molar-refractivity contribution is 7.88. The van der Waals surface area contributed by atoms with Gasteiger partial charge in [-0.3, -0.25) is 4.55 Å². The van der Waals surface area contributed by atoms with Crippen LogP contribution in [0.3, 0.4) is 0 Å². The number of unbranched alkanes of at least 4 members (excludes halogenated alkanes) is 1. The van der Waals surface area contributed by atoms with E-state index in [1.807, 2.05) is 26.6 Å². The van der Waals surface area contributed by atoms with Crippen molar-refractivity contribution >= 4 is 18.2 Å². The Morgan fingerprint density at radius 1 is 1.36 bits per heavy atom. The third-order valence-electron chi connectivity index (χ3n) is 1.69. The van der Waals surface area contributed by atoms with E-state index >= 15 is 0 Å². The molecular formula is C9H18O3SSi. The smallest absolute Gasteiger partial charge is 0.276 e. The van der Waals surface area contributed by atoms with Crippen LogP contribution in [-0.2, 0) is 10.1 Å². The molecule has 14 heavy (non-hydrogen) atoms. The molecule has 1 unspecified atom stereocenters. The third kappa shape index (κ3) is 4.79. The Kier molecular flexibility index (Phi) is 4.85. The van der Waals surface area contributed by atoms with Crippen LogP contribution in [0.2, 0.25) is 19.6 Å². The summed E-state index contributed by atoms with van der Waals surface area (Å²) in [5.74, 6) is 5.47. The van der Waals surface area contributed by atoms with Gasteiger partial charge in [0, 0.05) is 6.42 Å². The van der Waals surface area contributed by atoms with Crippen LogP contribution in [-0.4, -0.2) is 25.9 Å². The van der Waals surface area contributed by atoms with Gasteiger partial charge in [0.15, 0.2) is 0 Å². The van der Waals surface area contributed by atoms with Gasteiger partial charge >= 0.3 is 0 Å². The molecule has 0 spiro atoms. The Hall–Kier alpha value is -0.313. The van der Waals surface area contributed by atoms with Crippen LogP contribution >= 0.6 is 0 Å². The van der Waals surface area contributed by atoms with Crippen molar-refractivity contribution in [1.29, 1.82) is 0 Å². The first-order chi connectivity index (χ1) is 6.19. The number of hydrogen-bond donors (Lipinski definition) is 1. The third-order valence-corrected chi connectivity index (χ3v) is 7.14. The molecular weight excluding hydrogens is 216 g/mol. The van der Waals surface area contributed by atoms with Gasteiger partial charge in [-0.2, -0.15) is 8.42 Å². The summed E-state index contributed by atoms with van der Waals surface area (Å²) in [5, 5.41) is 0. The summed E-state index contributed by atoms with van der Waals surface area (Å²) in [7, 11) is -6.00. The lowest BCUT2D eigenvalue weighted by Crippen LogP contribution is -2.42. The maximum Gasteiger partial charge on any atom is 0.276 e. The highest BCUT2D eigenvalue weighted by Crippen LogP contribution is 2.14. The van der Waals surface area contributed by atoms with E-state index in [2.05, 4.69) is 11.8 Å². The molecule has 0 heterocycles.